The van der Waals surface area contributed by atoms with Gasteiger partial charge in [0.1, 0.15) is 29.0 Å². The number of aryl methyl sites for hydroxylation is 5. The van der Waals surface area contributed by atoms with Crippen LogP contribution in [0.4, 0.5) is 0 Å². The average molecular weight is 467 g/mol. The second-order valence-electron chi connectivity index (χ2n) is 7.87. The van der Waals surface area contributed by atoms with Gasteiger partial charge < -0.3 is 4.74 Å². The van der Waals surface area contributed by atoms with Gasteiger partial charge >= 0.3 is 0 Å². The highest BCUT2D eigenvalue weighted by Gasteiger charge is 1.98. The lowest BCUT2D eigenvalue weighted by Crippen LogP contribution is -1.98. The molecule has 0 fully saturated rings. The normalized spacial score (nSPS) is 10.9. The van der Waals surface area contributed by atoms with E-state index in [9.17, 15) is 0 Å². The maximum atomic E-state index is 5.11. The Morgan fingerprint density at radius 2 is 1.03 bits per heavy atom. The first-order valence-corrected chi connectivity index (χ1v) is 11.3. The summed E-state index contributed by atoms with van der Waals surface area (Å²) in [5, 5.41) is 0. The van der Waals surface area contributed by atoms with Crippen LogP contribution in [0.5, 0.6) is 5.75 Å². The molecule has 2 aromatic carbocycles. The summed E-state index contributed by atoms with van der Waals surface area (Å²) in [6, 6.07) is 16.0. The van der Waals surface area contributed by atoms with E-state index in [1.54, 1.807) is 7.11 Å². The van der Waals surface area contributed by atoms with Crippen molar-refractivity contribution in [2.24, 2.45) is 0 Å². The lowest BCUT2D eigenvalue weighted by atomic mass is 10.1. The van der Waals surface area contributed by atoms with Gasteiger partial charge in [0.15, 0.2) is 11.6 Å². The van der Waals surface area contributed by atoms with E-state index in [-0.39, 0.29) is 0 Å². The Balaban J connectivity index is 0.000000196. The molecule has 0 atom stereocenters. The Labute approximate surface area is 206 Å². The van der Waals surface area contributed by atoms with E-state index < -0.39 is 0 Å². The molecule has 0 aliphatic carbocycles. The first-order valence-electron chi connectivity index (χ1n) is 11.3. The third-order valence-corrected chi connectivity index (χ3v) is 4.89. The predicted molar refractivity (Wildman–Crippen MR) is 141 cm³/mol. The van der Waals surface area contributed by atoms with Crippen molar-refractivity contribution in [1.82, 2.24) is 29.9 Å². The first kappa shape index (κ1) is 25.4. The molecule has 0 saturated carbocycles. The van der Waals surface area contributed by atoms with Crippen molar-refractivity contribution in [3.63, 3.8) is 0 Å². The fraction of sp³-hybridized carbons (Fsp3) is 0.214. The van der Waals surface area contributed by atoms with Crippen LogP contribution < -0.4 is 4.74 Å². The second-order valence-corrected chi connectivity index (χ2v) is 7.87. The van der Waals surface area contributed by atoms with Crippen LogP contribution in [0, 0.1) is 34.6 Å². The SMILES string of the molecule is COc1ccc(/C=C/c2nc(C)nc(C)n2)cc1.Cc1nc(C)nc(/C=C/c2ccccc2C)n1. The molecule has 0 amide bonds. The molecular formula is C28H30N6O. The molecule has 0 aliphatic heterocycles. The van der Waals surface area contributed by atoms with Crippen LogP contribution in [0.3, 0.4) is 0 Å². The van der Waals surface area contributed by atoms with Crippen LogP contribution in [0.15, 0.2) is 48.5 Å². The molecule has 0 spiro atoms. The molecule has 7 heteroatoms. The predicted octanol–water partition coefficient (Wildman–Crippen LogP) is 5.63. The molecule has 0 bridgehead atoms. The van der Waals surface area contributed by atoms with Crippen LogP contribution >= 0.6 is 0 Å². The Kier molecular flexibility index (Phi) is 8.89. The van der Waals surface area contributed by atoms with Crippen molar-refractivity contribution in [3.8, 4) is 5.75 Å². The summed E-state index contributed by atoms with van der Waals surface area (Å²) in [5.74, 6) is 5.20. The summed E-state index contributed by atoms with van der Waals surface area (Å²) in [7, 11) is 1.65. The van der Waals surface area contributed by atoms with Crippen molar-refractivity contribution >= 4 is 24.3 Å². The number of rotatable bonds is 5. The summed E-state index contributed by atoms with van der Waals surface area (Å²) in [4.78, 5) is 25.3. The maximum absolute atomic E-state index is 5.11. The number of aromatic nitrogens is 6. The van der Waals surface area contributed by atoms with E-state index in [1.807, 2.05) is 88.4 Å². The number of ether oxygens (including phenoxy) is 1. The van der Waals surface area contributed by atoms with Gasteiger partial charge in [-0.1, -0.05) is 48.6 Å². The minimum atomic E-state index is 0.677. The molecule has 0 aliphatic rings. The van der Waals surface area contributed by atoms with Gasteiger partial charge in [-0.15, -0.1) is 0 Å². The third-order valence-electron chi connectivity index (χ3n) is 4.89. The smallest absolute Gasteiger partial charge is 0.156 e. The standard InChI is InChI=1S/C14H15N3O.C14H15N3/c1-10-15-11(2)17-14(16-10)9-6-12-4-7-13(18-3)8-5-12;1-10-6-4-5-7-13(10)8-9-14-16-11(2)15-12(3)17-14/h4-9H,1-3H3;4-9H,1-3H3/b9-6+;9-8+. The van der Waals surface area contributed by atoms with Crippen molar-refractivity contribution in [2.45, 2.75) is 34.6 Å². The molecule has 35 heavy (non-hydrogen) atoms. The van der Waals surface area contributed by atoms with E-state index in [0.29, 0.717) is 11.6 Å². The minimum Gasteiger partial charge on any atom is -0.497 e. The Morgan fingerprint density at radius 1 is 0.543 bits per heavy atom. The maximum Gasteiger partial charge on any atom is 0.156 e. The number of benzene rings is 2. The molecule has 4 rings (SSSR count). The van der Waals surface area contributed by atoms with Gasteiger partial charge in [-0.05, 0) is 75.6 Å². The van der Waals surface area contributed by atoms with Gasteiger partial charge in [-0.25, -0.2) is 29.9 Å². The van der Waals surface area contributed by atoms with Crippen molar-refractivity contribution in [1.29, 1.82) is 0 Å². The highest BCUT2D eigenvalue weighted by Crippen LogP contribution is 2.13. The monoisotopic (exact) mass is 466 g/mol. The lowest BCUT2D eigenvalue weighted by molar-refractivity contribution is 0.415. The molecule has 4 aromatic rings. The molecule has 2 heterocycles. The number of hydrogen-bond donors (Lipinski definition) is 0. The number of nitrogens with zero attached hydrogens (tertiary/aromatic N) is 6. The van der Waals surface area contributed by atoms with Crippen LogP contribution in [-0.2, 0) is 0 Å². The van der Waals surface area contributed by atoms with E-state index >= 15 is 0 Å². The van der Waals surface area contributed by atoms with Gasteiger partial charge in [-0.2, -0.15) is 0 Å². The van der Waals surface area contributed by atoms with Crippen LogP contribution in [0.25, 0.3) is 24.3 Å². The molecule has 0 N–H and O–H groups in total. The average Bonchev–Trinajstić information content (AvgIpc) is 2.82. The molecule has 7 nitrogen and oxygen atoms in total. The number of hydrogen-bond acceptors (Lipinski definition) is 7. The molecule has 178 valence electrons. The molecule has 0 unspecified atom stereocenters. The lowest BCUT2D eigenvalue weighted by Gasteiger charge is -1.99. The van der Waals surface area contributed by atoms with Gasteiger partial charge in [0.05, 0.1) is 7.11 Å². The molecule has 0 radical (unpaired) electrons. The molecule has 0 saturated heterocycles. The highest BCUT2D eigenvalue weighted by molar-refractivity contribution is 5.68. The first-order chi connectivity index (χ1) is 16.8. The molecule has 2 aromatic heterocycles. The summed E-state index contributed by atoms with van der Waals surface area (Å²) >= 11 is 0. The topological polar surface area (TPSA) is 86.6 Å². The van der Waals surface area contributed by atoms with Gasteiger partial charge in [0.2, 0.25) is 0 Å². The van der Waals surface area contributed by atoms with E-state index in [0.717, 1.165) is 34.6 Å². The fourth-order valence-electron chi connectivity index (χ4n) is 3.25. The highest BCUT2D eigenvalue weighted by atomic mass is 16.5. The fourth-order valence-corrected chi connectivity index (χ4v) is 3.25. The Morgan fingerprint density at radius 3 is 1.51 bits per heavy atom. The Hall–Kier alpha value is -4.26. The van der Waals surface area contributed by atoms with E-state index in [4.69, 9.17) is 4.74 Å². The van der Waals surface area contributed by atoms with E-state index in [1.165, 1.54) is 11.1 Å². The van der Waals surface area contributed by atoms with Crippen molar-refractivity contribution in [3.05, 3.63) is 100 Å². The zero-order valence-corrected chi connectivity index (χ0v) is 21.0. The van der Waals surface area contributed by atoms with Crippen LogP contribution in [0.1, 0.15) is 51.6 Å². The number of methoxy groups -OCH3 is 1. The van der Waals surface area contributed by atoms with Crippen LogP contribution in [0.2, 0.25) is 0 Å². The second kappa shape index (κ2) is 12.3. The summed E-state index contributed by atoms with van der Waals surface area (Å²) in [5.41, 5.74) is 3.50. The van der Waals surface area contributed by atoms with Gasteiger partial charge in [-0.3, -0.25) is 0 Å². The summed E-state index contributed by atoms with van der Waals surface area (Å²) < 4.78 is 5.11. The minimum absolute atomic E-state index is 0.677. The molecular weight excluding hydrogens is 436 g/mol. The van der Waals surface area contributed by atoms with Gasteiger partial charge in [0.25, 0.3) is 0 Å². The summed E-state index contributed by atoms with van der Waals surface area (Å²) in [6.45, 7) is 9.56. The van der Waals surface area contributed by atoms with Crippen molar-refractivity contribution in [2.75, 3.05) is 7.11 Å². The Bertz CT molecular complexity index is 1290. The van der Waals surface area contributed by atoms with E-state index in [2.05, 4.69) is 49.0 Å². The largest absolute Gasteiger partial charge is 0.497 e. The van der Waals surface area contributed by atoms with Gasteiger partial charge in [0, 0.05) is 0 Å². The zero-order chi connectivity index (χ0) is 25.2. The quantitative estimate of drug-likeness (QED) is 0.376. The van der Waals surface area contributed by atoms with Crippen molar-refractivity contribution < 1.29 is 4.74 Å². The summed E-state index contributed by atoms with van der Waals surface area (Å²) in [6.07, 6.45) is 7.80. The third kappa shape index (κ3) is 8.23. The zero-order valence-electron chi connectivity index (χ0n) is 21.0. The van der Waals surface area contributed by atoms with Crippen LogP contribution in [-0.4, -0.2) is 37.0 Å².